The minimum absolute atomic E-state index is 0.150. The molecule has 0 aromatic carbocycles. The van der Waals surface area contributed by atoms with Gasteiger partial charge in [0, 0.05) is 20.1 Å². The largest absolute Gasteiger partial charge is 0.480 e. The van der Waals surface area contributed by atoms with E-state index >= 15 is 0 Å². The van der Waals surface area contributed by atoms with Crippen LogP contribution in [-0.2, 0) is 4.79 Å². The molecule has 1 atom stereocenters. The van der Waals surface area contributed by atoms with Crippen molar-refractivity contribution in [1.82, 2.24) is 9.80 Å². The number of rotatable bonds is 2. The zero-order valence-corrected chi connectivity index (χ0v) is 11.9. The van der Waals surface area contributed by atoms with Gasteiger partial charge in [-0.25, -0.2) is 9.59 Å². The lowest BCUT2D eigenvalue weighted by molar-refractivity contribution is -0.141. The van der Waals surface area contributed by atoms with Gasteiger partial charge >= 0.3 is 12.0 Å². The van der Waals surface area contributed by atoms with Crippen LogP contribution < -0.4 is 0 Å². The molecule has 108 valence electrons. The molecule has 2 fully saturated rings. The Morgan fingerprint density at radius 2 is 1.68 bits per heavy atom. The zero-order chi connectivity index (χ0) is 14.0. The molecule has 5 nitrogen and oxygen atoms in total. The first-order valence-electron chi connectivity index (χ1n) is 7.20. The van der Waals surface area contributed by atoms with Gasteiger partial charge < -0.3 is 14.9 Å². The molecule has 0 aromatic rings. The average molecular weight is 268 g/mol. The van der Waals surface area contributed by atoms with Crippen LogP contribution in [0.15, 0.2) is 0 Å². The second-order valence-electron chi connectivity index (χ2n) is 6.10. The Kier molecular flexibility index (Phi) is 4.02. The summed E-state index contributed by atoms with van der Waals surface area (Å²) in [6, 6.07) is -0.919. The summed E-state index contributed by atoms with van der Waals surface area (Å²) in [5.74, 6) is -0.958. The lowest BCUT2D eigenvalue weighted by Crippen LogP contribution is -2.51. The third kappa shape index (κ3) is 2.85. The fourth-order valence-electron chi connectivity index (χ4n) is 3.35. The van der Waals surface area contributed by atoms with Gasteiger partial charge in [-0.05, 0) is 38.0 Å². The van der Waals surface area contributed by atoms with Crippen molar-refractivity contribution in [1.29, 1.82) is 0 Å². The third-order valence-corrected chi connectivity index (χ3v) is 5.00. The van der Waals surface area contributed by atoms with E-state index in [1.54, 1.807) is 14.0 Å². The summed E-state index contributed by atoms with van der Waals surface area (Å²) in [6.45, 7) is 3.09. The summed E-state index contributed by atoms with van der Waals surface area (Å²) in [4.78, 5) is 26.3. The Bertz CT molecular complexity index is 354. The molecule has 1 saturated carbocycles. The topological polar surface area (TPSA) is 60.9 Å². The molecule has 1 unspecified atom stereocenters. The highest BCUT2D eigenvalue weighted by Crippen LogP contribution is 2.46. The number of likely N-dealkylation sites (tertiary alicyclic amines) is 1. The van der Waals surface area contributed by atoms with Crippen LogP contribution in [-0.4, -0.2) is 53.1 Å². The molecule has 1 heterocycles. The fourth-order valence-corrected chi connectivity index (χ4v) is 3.35. The number of aliphatic carboxylic acids is 1. The second-order valence-corrected chi connectivity index (χ2v) is 6.10. The van der Waals surface area contributed by atoms with Crippen LogP contribution >= 0.6 is 0 Å². The van der Waals surface area contributed by atoms with Crippen LogP contribution in [0.2, 0.25) is 0 Å². The number of urea groups is 1. The summed E-state index contributed by atoms with van der Waals surface area (Å²) < 4.78 is 0. The number of carbonyl (C=O) groups is 2. The molecule has 1 aliphatic carbocycles. The highest BCUT2D eigenvalue weighted by Gasteiger charge is 2.39. The highest BCUT2D eigenvalue weighted by atomic mass is 16.4. The van der Waals surface area contributed by atoms with Crippen molar-refractivity contribution in [2.45, 2.75) is 51.5 Å². The molecule has 1 aliphatic heterocycles. The average Bonchev–Trinajstić information content (AvgIpc) is 2.85. The number of hydrogen-bond donors (Lipinski definition) is 1. The number of nitrogens with zero attached hydrogens (tertiary/aromatic N) is 2. The van der Waals surface area contributed by atoms with E-state index in [-0.39, 0.29) is 6.03 Å². The summed E-state index contributed by atoms with van der Waals surface area (Å²) in [5.41, 5.74) is 0.480. The van der Waals surface area contributed by atoms with Gasteiger partial charge in [-0.15, -0.1) is 0 Å². The lowest BCUT2D eigenvalue weighted by Gasteiger charge is -2.41. The maximum atomic E-state index is 12.2. The van der Waals surface area contributed by atoms with Crippen molar-refractivity contribution in [3.63, 3.8) is 0 Å². The zero-order valence-electron chi connectivity index (χ0n) is 11.9. The predicted molar refractivity (Wildman–Crippen MR) is 72.0 cm³/mol. The Morgan fingerprint density at radius 3 is 2.16 bits per heavy atom. The van der Waals surface area contributed by atoms with E-state index in [4.69, 9.17) is 5.11 Å². The van der Waals surface area contributed by atoms with Crippen LogP contribution in [0.5, 0.6) is 0 Å². The monoisotopic (exact) mass is 268 g/mol. The quantitative estimate of drug-likeness (QED) is 0.835. The van der Waals surface area contributed by atoms with Crippen molar-refractivity contribution in [2.24, 2.45) is 5.41 Å². The van der Waals surface area contributed by atoms with Gasteiger partial charge in [0.05, 0.1) is 0 Å². The standard InChI is InChI=1S/C14H24N2O3/c1-11(12(17)18)15(2)13(19)16-9-7-14(8-10-16)5-3-4-6-14/h11H,3-10H2,1-2H3,(H,17,18). The molecular weight excluding hydrogens is 244 g/mol. The molecule has 2 amide bonds. The van der Waals surface area contributed by atoms with E-state index in [0.717, 1.165) is 25.9 Å². The maximum absolute atomic E-state index is 12.2. The maximum Gasteiger partial charge on any atom is 0.326 e. The number of likely N-dealkylation sites (N-methyl/N-ethyl adjacent to an activating group) is 1. The second kappa shape index (κ2) is 5.39. The van der Waals surface area contributed by atoms with Crippen molar-refractivity contribution in [2.75, 3.05) is 20.1 Å². The summed E-state index contributed by atoms with van der Waals surface area (Å²) in [7, 11) is 1.57. The van der Waals surface area contributed by atoms with E-state index in [1.807, 2.05) is 4.90 Å². The Labute approximate surface area is 114 Å². The van der Waals surface area contributed by atoms with Crippen molar-refractivity contribution in [3.05, 3.63) is 0 Å². The molecule has 0 aromatic heterocycles. The number of carboxylic acid groups (broad SMARTS) is 1. The fraction of sp³-hybridized carbons (Fsp3) is 0.857. The Balaban J connectivity index is 1.90. The molecule has 1 spiro atoms. The predicted octanol–water partition coefficient (Wildman–Crippen LogP) is 2.17. The number of hydrogen-bond acceptors (Lipinski definition) is 2. The van der Waals surface area contributed by atoms with E-state index < -0.39 is 12.0 Å². The molecule has 2 aliphatic rings. The SMILES string of the molecule is CC(C(=O)O)N(C)C(=O)N1CCC2(CCCC2)CC1. The molecule has 1 saturated heterocycles. The van der Waals surface area contributed by atoms with Crippen molar-refractivity contribution in [3.8, 4) is 0 Å². The van der Waals surface area contributed by atoms with Gasteiger partial charge in [0.2, 0.25) is 0 Å². The molecule has 1 N–H and O–H groups in total. The van der Waals surface area contributed by atoms with E-state index in [9.17, 15) is 9.59 Å². The van der Waals surface area contributed by atoms with E-state index in [1.165, 1.54) is 30.6 Å². The van der Waals surface area contributed by atoms with Gasteiger partial charge in [-0.3, -0.25) is 0 Å². The first-order valence-corrected chi connectivity index (χ1v) is 7.20. The van der Waals surface area contributed by atoms with Crippen LogP contribution in [0.3, 0.4) is 0 Å². The van der Waals surface area contributed by atoms with Gasteiger partial charge in [0.1, 0.15) is 6.04 Å². The van der Waals surface area contributed by atoms with Crippen molar-refractivity contribution < 1.29 is 14.7 Å². The first-order chi connectivity index (χ1) is 8.95. The van der Waals surface area contributed by atoms with Crippen molar-refractivity contribution >= 4 is 12.0 Å². The smallest absolute Gasteiger partial charge is 0.326 e. The highest BCUT2D eigenvalue weighted by molar-refractivity contribution is 5.82. The third-order valence-electron chi connectivity index (χ3n) is 5.00. The van der Waals surface area contributed by atoms with E-state index in [0.29, 0.717) is 5.41 Å². The van der Waals surface area contributed by atoms with Gasteiger partial charge in [-0.2, -0.15) is 0 Å². The number of amides is 2. The summed E-state index contributed by atoms with van der Waals surface area (Å²) >= 11 is 0. The molecule has 19 heavy (non-hydrogen) atoms. The molecule has 5 heteroatoms. The summed E-state index contributed by atoms with van der Waals surface area (Å²) in [6.07, 6.45) is 7.41. The van der Waals surface area contributed by atoms with E-state index in [2.05, 4.69) is 0 Å². The number of piperidine rings is 1. The Morgan fingerprint density at radius 1 is 1.16 bits per heavy atom. The lowest BCUT2D eigenvalue weighted by atomic mass is 9.77. The number of carbonyl (C=O) groups excluding carboxylic acids is 1. The molecule has 2 rings (SSSR count). The van der Waals surface area contributed by atoms with Gasteiger partial charge in [0.25, 0.3) is 0 Å². The molecule has 0 radical (unpaired) electrons. The van der Waals surface area contributed by atoms with Crippen LogP contribution in [0, 0.1) is 5.41 Å². The van der Waals surface area contributed by atoms with Crippen LogP contribution in [0.4, 0.5) is 4.79 Å². The molecular formula is C14H24N2O3. The van der Waals surface area contributed by atoms with Gasteiger partial charge in [-0.1, -0.05) is 12.8 Å². The van der Waals surface area contributed by atoms with Gasteiger partial charge in [0.15, 0.2) is 0 Å². The minimum Gasteiger partial charge on any atom is -0.480 e. The van der Waals surface area contributed by atoms with Crippen LogP contribution in [0.25, 0.3) is 0 Å². The number of carboxylic acids is 1. The normalized spacial score (nSPS) is 23.4. The first kappa shape index (κ1) is 14.2. The molecule has 0 bridgehead atoms. The minimum atomic E-state index is -0.958. The van der Waals surface area contributed by atoms with Crippen LogP contribution in [0.1, 0.15) is 45.4 Å². The Hall–Kier alpha value is -1.26. The summed E-state index contributed by atoms with van der Waals surface area (Å²) in [5, 5.41) is 8.95.